The molecule has 0 radical (unpaired) electrons. The van der Waals surface area contributed by atoms with Gasteiger partial charge in [-0.15, -0.1) is 0 Å². The summed E-state index contributed by atoms with van der Waals surface area (Å²) in [6, 6.07) is 1.14. The Kier molecular flexibility index (Phi) is 8.60. The van der Waals surface area contributed by atoms with Crippen LogP contribution in [0.4, 0.5) is 0 Å². The summed E-state index contributed by atoms with van der Waals surface area (Å²) in [5.74, 6) is 3.53. The van der Waals surface area contributed by atoms with E-state index in [0.717, 1.165) is 25.9 Å². The van der Waals surface area contributed by atoms with E-state index in [0.29, 0.717) is 64.8 Å². The van der Waals surface area contributed by atoms with Gasteiger partial charge in [0, 0.05) is 31.6 Å². The molecule has 3 N–H and O–H groups in total. The molecule has 0 aromatic rings. The van der Waals surface area contributed by atoms with Gasteiger partial charge in [-0.3, -0.25) is 4.79 Å². The Balaban J connectivity index is 1.40. The van der Waals surface area contributed by atoms with Crippen molar-refractivity contribution in [1.29, 1.82) is 0 Å². The molecule has 0 aliphatic heterocycles. The number of hydrogen-bond acceptors (Lipinski definition) is 5. The highest BCUT2D eigenvalue weighted by Crippen LogP contribution is 2.68. The van der Waals surface area contributed by atoms with Crippen LogP contribution in [0.2, 0.25) is 0 Å². The minimum Gasteiger partial charge on any atom is -0.469 e. The fourth-order valence-corrected chi connectivity index (χ4v) is 9.67. The Labute approximate surface area is 214 Å². The summed E-state index contributed by atoms with van der Waals surface area (Å²) in [5.41, 5.74) is 0.692. The Morgan fingerprint density at radius 2 is 1.71 bits per heavy atom. The van der Waals surface area contributed by atoms with Crippen LogP contribution in [0.25, 0.3) is 0 Å². The first-order chi connectivity index (χ1) is 16.6. The average Bonchev–Trinajstić information content (AvgIpc) is 3.17. The second kappa shape index (κ2) is 11.0. The molecule has 0 amide bonds. The molecule has 35 heavy (non-hydrogen) atoms. The molecule has 4 rings (SSSR count). The summed E-state index contributed by atoms with van der Waals surface area (Å²) >= 11 is 0. The maximum Gasteiger partial charge on any atom is 0.305 e. The molecule has 5 unspecified atom stereocenters. The SMILES string of the molecule is COC(=O)CC[C@@H](C)[C@H]1CCC2C3C(O)C[C@@H]4CC(NCCNC(C)C)CC[C@]4(C)C3CC[C@@]21C. The molecule has 4 fully saturated rings. The maximum atomic E-state index is 11.8. The van der Waals surface area contributed by atoms with Crippen molar-refractivity contribution in [3.05, 3.63) is 0 Å². The summed E-state index contributed by atoms with van der Waals surface area (Å²) in [5, 5.41) is 19.0. The minimum absolute atomic E-state index is 0.0804. The predicted molar refractivity (Wildman–Crippen MR) is 142 cm³/mol. The number of methoxy groups -OCH3 is 1. The summed E-state index contributed by atoms with van der Waals surface area (Å²) in [7, 11) is 1.49. The van der Waals surface area contributed by atoms with E-state index in [4.69, 9.17) is 4.74 Å². The second-order valence-electron chi connectivity index (χ2n) is 13.7. The van der Waals surface area contributed by atoms with Gasteiger partial charge >= 0.3 is 5.97 Å². The van der Waals surface area contributed by atoms with E-state index < -0.39 is 0 Å². The van der Waals surface area contributed by atoms with E-state index in [-0.39, 0.29) is 12.1 Å². The highest BCUT2D eigenvalue weighted by molar-refractivity contribution is 5.69. The van der Waals surface area contributed by atoms with E-state index in [1.54, 1.807) is 0 Å². The van der Waals surface area contributed by atoms with Gasteiger partial charge in [-0.2, -0.15) is 0 Å². The monoisotopic (exact) mass is 490 g/mol. The first-order valence-corrected chi connectivity index (χ1v) is 14.8. The Hall–Kier alpha value is -0.650. The number of fused-ring (bicyclic) bond motifs is 5. The zero-order valence-corrected chi connectivity index (χ0v) is 23.4. The predicted octanol–water partition coefficient (Wildman–Crippen LogP) is 5.16. The molecule has 0 spiro atoms. The number of hydrogen-bond donors (Lipinski definition) is 3. The van der Waals surface area contributed by atoms with Crippen LogP contribution < -0.4 is 10.6 Å². The maximum absolute atomic E-state index is 11.8. The van der Waals surface area contributed by atoms with Crippen molar-refractivity contribution in [3.63, 3.8) is 0 Å². The molecule has 202 valence electrons. The van der Waals surface area contributed by atoms with Gasteiger partial charge in [0.2, 0.25) is 0 Å². The molecule has 5 nitrogen and oxygen atoms in total. The van der Waals surface area contributed by atoms with Crippen molar-refractivity contribution < 1.29 is 14.6 Å². The van der Waals surface area contributed by atoms with Crippen LogP contribution in [0, 0.1) is 46.3 Å². The van der Waals surface area contributed by atoms with Crippen LogP contribution in [0.1, 0.15) is 98.8 Å². The molecule has 5 heteroatoms. The molecule has 0 heterocycles. The highest BCUT2D eigenvalue weighted by Gasteiger charge is 2.62. The van der Waals surface area contributed by atoms with Gasteiger partial charge in [0.1, 0.15) is 0 Å². The van der Waals surface area contributed by atoms with Crippen molar-refractivity contribution in [1.82, 2.24) is 10.6 Å². The molecular formula is C30H54N2O3. The van der Waals surface area contributed by atoms with Crippen molar-refractivity contribution in [2.24, 2.45) is 46.3 Å². The van der Waals surface area contributed by atoms with Gasteiger partial charge in [0.25, 0.3) is 0 Å². The van der Waals surface area contributed by atoms with E-state index in [1.165, 1.54) is 52.1 Å². The summed E-state index contributed by atoms with van der Waals surface area (Å²) in [6.07, 6.45) is 11.2. The summed E-state index contributed by atoms with van der Waals surface area (Å²) < 4.78 is 4.91. The number of nitrogens with one attached hydrogen (secondary N) is 2. The highest BCUT2D eigenvalue weighted by atomic mass is 16.5. The lowest BCUT2D eigenvalue weighted by molar-refractivity contribution is -0.167. The third kappa shape index (κ3) is 5.34. The third-order valence-electron chi connectivity index (χ3n) is 11.6. The van der Waals surface area contributed by atoms with Crippen LogP contribution in [-0.2, 0) is 9.53 Å². The number of carbonyl (C=O) groups is 1. The van der Waals surface area contributed by atoms with Gasteiger partial charge in [0.15, 0.2) is 0 Å². The molecular weight excluding hydrogens is 436 g/mol. The Morgan fingerprint density at radius 3 is 2.43 bits per heavy atom. The minimum atomic E-state index is -0.145. The van der Waals surface area contributed by atoms with Crippen LogP contribution in [0.5, 0.6) is 0 Å². The number of aliphatic hydroxyl groups excluding tert-OH is 1. The van der Waals surface area contributed by atoms with Crippen LogP contribution in [0.3, 0.4) is 0 Å². The van der Waals surface area contributed by atoms with Crippen LogP contribution >= 0.6 is 0 Å². The molecule has 0 aromatic carbocycles. The lowest BCUT2D eigenvalue weighted by Gasteiger charge is -2.62. The van der Waals surface area contributed by atoms with Gasteiger partial charge < -0.3 is 20.5 Å². The number of aliphatic hydroxyl groups is 1. The molecule has 0 saturated heterocycles. The number of esters is 1. The zero-order valence-electron chi connectivity index (χ0n) is 23.4. The lowest BCUT2D eigenvalue weighted by Crippen LogP contribution is -2.59. The summed E-state index contributed by atoms with van der Waals surface area (Å²) in [6.45, 7) is 14.0. The third-order valence-corrected chi connectivity index (χ3v) is 11.6. The molecule has 4 saturated carbocycles. The molecule has 0 aromatic heterocycles. The van der Waals surface area contributed by atoms with Crippen molar-refractivity contribution in [2.75, 3.05) is 20.2 Å². The average molecular weight is 491 g/mol. The topological polar surface area (TPSA) is 70.6 Å². The van der Waals surface area contributed by atoms with Crippen LogP contribution in [-0.4, -0.2) is 49.5 Å². The molecule has 10 atom stereocenters. The number of rotatable bonds is 9. The van der Waals surface area contributed by atoms with E-state index in [1.807, 2.05) is 0 Å². The Bertz CT molecular complexity index is 728. The fourth-order valence-electron chi connectivity index (χ4n) is 9.67. The van der Waals surface area contributed by atoms with E-state index >= 15 is 0 Å². The van der Waals surface area contributed by atoms with Gasteiger partial charge in [-0.05, 0) is 104 Å². The van der Waals surface area contributed by atoms with Crippen molar-refractivity contribution >= 4 is 5.97 Å². The van der Waals surface area contributed by atoms with E-state index in [2.05, 4.69) is 45.3 Å². The quantitative estimate of drug-likeness (QED) is 0.308. The first-order valence-electron chi connectivity index (χ1n) is 14.8. The second-order valence-corrected chi connectivity index (χ2v) is 13.7. The smallest absolute Gasteiger partial charge is 0.305 e. The lowest BCUT2D eigenvalue weighted by atomic mass is 9.43. The van der Waals surface area contributed by atoms with Crippen molar-refractivity contribution in [3.8, 4) is 0 Å². The fraction of sp³-hybridized carbons (Fsp3) is 0.967. The van der Waals surface area contributed by atoms with Crippen molar-refractivity contribution in [2.45, 2.75) is 117 Å². The molecule has 4 aliphatic carbocycles. The number of carbonyl (C=O) groups excluding carboxylic acids is 1. The standard InChI is InChI=1S/C30H54N2O3/c1-19(2)31-15-16-32-22-11-13-29(4)21(17-22)18-26(33)28-24-9-8-23(20(3)7-10-27(34)35-6)30(24,5)14-12-25(28)29/h19-26,28,31-33H,7-18H2,1-6H3/t20-,21+,22?,23-,24?,25?,26?,28?,29+,30-/m1/s1. The normalized spacial score (nSPS) is 43.8. The zero-order chi connectivity index (χ0) is 25.4. The number of ether oxygens (including phenoxy) is 1. The van der Waals surface area contributed by atoms with Gasteiger partial charge in [-0.1, -0.05) is 34.6 Å². The molecule has 0 bridgehead atoms. The van der Waals surface area contributed by atoms with Crippen LogP contribution in [0.15, 0.2) is 0 Å². The molecule has 4 aliphatic rings. The first kappa shape index (κ1) is 27.4. The van der Waals surface area contributed by atoms with E-state index in [9.17, 15) is 9.90 Å². The van der Waals surface area contributed by atoms with Gasteiger partial charge in [-0.25, -0.2) is 0 Å². The summed E-state index contributed by atoms with van der Waals surface area (Å²) in [4.78, 5) is 11.8. The largest absolute Gasteiger partial charge is 0.469 e. The van der Waals surface area contributed by atoms with Gasteiger partial charge in [0.05, 0.1) is 13.2 Å². The Morgan fingerprint density at radius 1 is 1.00 bits per heavy atom.